The Hall–Kier alpha value is -4.49. The smallest absolute Gasteiger partial charge is 0.174 e. The highest BCUT2D eigenvalue weighted by molar-refractivity contribution is 7.80. The lowest BCUT2D eigenvalue weighted by molar-refractivity contribution is 0.482. The summed E-state index contributed by atoms with van der Waals surface area (Å²) in [5.74, 6) is 1.28. The van der Waals surface area contributed by atoms with Crippen LogP contribution in [0.15, 0.2) is 103 Å². The quantitative estimate of drug-likeness (QED) is 0.219. The molecule has 3 aromatic carbocycles. The third-order valence-corrected chi connectivity index (χ3v) is 7.66. The van der Waals surface area contributed by atoms with Crippen LogP contribution in [0.25, 0.3) is 5.69 Å². The minimum Gasteiger partial charge on any atom is -0.457 e. The van der Waals surface area contributed by atoms with Crippen LogP contribution in [-0.2, 0) is 0 Å². The number of halogens is 1. The lowest BCUT2D eigenvalue weighted by Gasteiger charge is -2.28. The van der Waals surface area contributed by atoms with Crippen LogP contribution < -0.4 is 15.0 Å². The molecule has 1 aliphatic heterocycles. The summed E-state index contributed by atoms with van der Waals surface area (Å²) in [4.78, 5) is 6.83. The number of anilines is 1. The number of thiocarbonyl (C=S) groups is 1. The first-order valence-electron chi connectivity index (χ1n) is 13.2. The number of hydrogen-bond acceptors (Lipinski definition) is 3. The van der Waals surface area contributed by atoms with Gasteiger partial charge in [-0.05, 0) is 117 Å². The number of aromatic nitrogens is 2. The zero-order valence-corrected chi connectivity index (χ0v) is 23.3. The molecule has 3 heterocycles. The molecular weight excluding hydrogens is 519 g/mol. The van der Waals surface area contributed by atoms with Gasteiger partial charge in [0.05, 0.1) is 17.8 Å². The minimum absolute atomic E-state index is 0.160. The molecule has 1 saturated heterocycles. The van der Waals surface area contributed by atoms with Crippen LogP contribution in [0.5, 0.6) is 11.5 Å². The maximum atomic E-state index is 13.7. The van der Waals surface area contributed by atoms with Gasteiger partial charge in [-0.1, -0.05) is 23.8 Å². The van der Waals surface area contributed by atoms with Crippen LogP contribution >= 0.6 is 12.2 Å². The van der Waals surface area contributed by atoms with E-state index in [0.29, 0.717) is 5.11 Å². The van der Waals surface area contributed by atoms with Gasteiger partial charge in [0.15, 0.2) is 5.11 Å². The van der Waals surface area contributed by atoms with Gasteiger partial charge in [0.2, 0.25) is 0 Å². The minimum atomic E-state index is -0.257. The fraction of sp³-hybridized carbons (Fsp3) is 0.152. The van der Waals surface area contributed by atoms with Gasteiger partial charge in [-0.25, -0.2) is 4.39 Å². The van der Waals surface area contributed by atoms with Gasteiger partial charge in [-0.3, -0.25) is 4.98 Å². The standard InChI is InChI=1S/C33H29FN4OS/c1-21-7-15-27(16-8-21)39-28-17-13-26(14-18-28)38-32(31(36-33(38)40)30-6-4-5-19-35-30)29-20-22(2)37(23(29)3)25-11-9-24(34)10-12-25/h4-20,31-32H,1-3H3,(H,36,40)/t31-,32+/m1/s1. The lowest BCUT2D eigenvalue weighted by atomic mass is 9.96. The number of benzene rings is 3. The van der Waals surface area contributed by atoms with E-state index in [1.54, 1.807) is 18.3 Å². The predicted octanol–water partition coefficient (Wildman–Crippen LogP) is 7.91. The third kappa shape index (κ3) is 4.84. The molecule has 1 aliphatic rings. The van der Waals surface area contributed by atoms with Crippen molar-refractivity contribution >= 4 is 23.0 Å². The van der Waals surface area contributed by atoms with Crippen molar-refractivity contribution in [3.8, 4) is 17.2 Å². The number of rotatable bonds is 6. The molecule has 0 bridgehead atoms. The molecule has 0 unspecified atom stereocenters. The molecule has 5 nitrogen and oxygen atoms in total. The van der Waals surface area contributed by atoms with E-state index < -0.39 is 0 Å². The van der Waals surface area contributed by atoms with Crippen molar-refractivity contribution in [2.45, 2.75) is 32.9 Å². The number of nitrogens with zero attached hydrogens (tertiary/aromatic N) is 3. The van der Waals surface area contributed by atoms with E-state index in [9.17, 15) is 4.39 Å². The molecule has 5 aromatic rings. The van der Waals surface area contributed by atoms with E-state index in [4.69, 9.17) is 17.0 Å². The Kier molecular flexibility index (Phi) is 6.82. The molecule has 200 valence electrons. The van der Waals surface area contributed by atoms with E-state index in [1.807, 2.05) is 66.7 Å². The maximum Gasteiger partial charge on any atom is 0.174 e. The largest absolute Gasteiger partial charge is 0.457 e. The Bertz CT molecular complexity index is 1650. The van der Waals surface area contributed by atoms with Crippen molar-refractivity contribution in [1.82, 2.24) is 14.9 Å². The summed E-state index contributed by atoms with van der Waals surface area (Å²) in [5.41, 5.74) is 7.18. The Morgan fingerprint density at radius 3 is 2.12 bits per heavy atom. The number of ether oxygens (including phenoxy) is 1. The maximum absolute atomic E-state index is 13.7. The van der Waals surface area contributed by atoms with Gasteiger partial charge in [0, 0.05) is 29.0 Å². The van der Waals surface area contributed by atoms with E-state index in [1.165, 1.54) is 17.7 Å². The molecule has 0 spiro atoms. The van der Waals surface area contributed by atoms with Crippen molar-refractivity contribution in [2.75, 3.05) is 4.90 Å². The topological polar surface area (TPSA) is 42.3 Å². The van der Waals surface area contributed by atoms with E-state index in [2.05, 4.69) is 46.6 Å². The second kappa shape index (κ2) is 10.6. The second-order valence-corrected chi connectivity index (χ2v) is 10.4. The van der Waals surface area contributed by atoms with Crippen LogP contribution in [0.3, 0.4) is 0 Å². The van der Waals surface area contributed by atoms with Crippen molar-refractivity contribution < 1.29 is 9.13 Å². The Labute approximate surface area is 238 Å². The molecule has 1 N–H and O–H groups in total. The Morgan fingerprint density at radius 1 is 0.825 bits per heavy atom. The summed E-state index contributed by atoms with van der Waals surface area (Å²) in [7, 11) is 0. The SMILES string of the molecule is Cc1ccc(Oc2ccc(N3C(=S)N[C@H](c4ccccn4)[C@@H]3c3cc(C)n(-c4ccc(F)cc4)c3C)cc2)cc1. The lowest BCUT2D eigenvalue weighted by Crippen LogP contribution is -2.29. The van der Waals surface area contributed by atoms with Crippen LogP contribution in [-0.4, -0.2) is 14.7 Å². The number of pyridine rings is 1. The molecule has 2 atom stereocenters. The molecule has 0 saturated carbocycles. The van der Waals surface area contributed by atoms with Gasteiger partial charge in [0.1, 0.15) is 17.3 Å². The van der Waals surface area contributed by atoms with Gasteiger partial charge < -0.3 is 19.5 Å². The predicted molar refractivity (Wildman–Crippen MR) is 161 cm³/mol. The Balaban J connectivity index is 1.40. The molecule has 0 amide bonds. The summed E-state index contributed by atoms with van der Waals surface area (Å²) in [6.45, 7) is 6.22. The molecule has 0 radical (unpaired) electrons. The first-order valence-corrected chi connectivity index (χ1v) is 13.6. The summed E-state index contributed by atoms with van der Waals surface area (Å²) in [5, 5.41) is 4.16. The van der Waals surface area contributed by atoms with Gasteiger partial charge in [-0.2, -0.15) is 0 Å². The van der Waals surface area contributed by atoms with Gasteiger partial charge in [-0.15, -0.1) is 0 Å². The third-order valence-electron chi connectivity index (χ3n) is 7.34. The zero-order valence-electron chi connectivity index (χ0n) is 22.5. The highest BCUT2D eigenvalue weighted by Gasteiger charge is 2.42. The molecule has 7 heteroatoms. The van der Waals surface area contributed by atoms with Crippen molar-refractivity contribution in [3.05, 3.63) is 137 Å². The van der Waals surface area contributed by atoms with Crippen LogP contribution in [0.2, 0.25) is 0 Å². The molecule has 1 fully saturated rings. The first kappa shape index (κ1) is 25.8. The van der Waals surface area contributed by atoms with Crippen LogP contribution in [0, 0.1) is 26.6 Å². The van der Waals surface area contributed by atoms with Crippen LogP contribution in [0.1, 0.15) is 40.3 Å². The fourth-order valence-electron chi connectivity index (χ4n) is 5.44. The van der Waals surface area contributed by atoms with E-state index in [0.717, 1.165) is 45.5 Å². The monoisotopic (exact) mass is 548 g/mol. The molecule has 2 aromatic heterocycles. The normalized spacial score (nSPS) is 16.7. The van der Waals surface area contributed by atoms with E-state index >= 15 is 0 Å². The zero-order chi connectivity index (χ0) is 27.8. The number of aryl methyl sites for hydroxylation is 2. The second-order valence-electron chi connectivity index (χ2n) is 10.0. The summed E-state index contributed by atoms with van der Waals surface area (Å²) in [6.07, 6.45) is 1.80. The first-order chi connectivity index (χ1) is 19.4. The van der Waals surface area contributed by atoms with Gasteiger partial charge in [0.25, 0.3) is 0 Å². The molecule has 6 rings (SSSR count). The molecule has 40 heavy (non-hydrogen) atoms. The van der Waals surface area contributed by atoms with Crippen molar-refractivity contribution in [2.24, 2.45) is 0 Å². The van der Waals surface area contributed by atoms with E-state index in [-0.39, 0.29) is 17.9 Å². The average molecular weight is 549 g/mol. The summed E-state index contributed by atoms with van der Waals surface area (Å²) < 4.78 is 21.9. The van der Waals surface area contributed by atoms with Crippen LogP contribution in [0.4, 0.5) is 10.1 Å². The highest BCUT2D eigenvalue weighted by atomic mass is 32.1. The van der Waals surface area contributed by atoms with Gasteiger partial charge >= 0.3 is 0 Å². The number of hydrogen-bond donors (Lipinski definition) is 1. The molecular formula is C33H29FN4OS. The Morgan fingerprint density at radius 2 is 1.48 bits per heavy atom. The fourth-order valence-corrected chi connectivity index (χ4v) is 5.79. The molecule has 0 aliphatic carbocycles. The average Bonchev–Trinajstić information content (AvgIpc) is 3.46. The highest BCUT2D eigenvalue weighted by Crippen LogP contribution is 2.44. The summed E-state index contributed by atoms with van der Waals surface area (Å²) >= 11 is 5.92. The summed E-state index contributed by atoms with van der Waals surface area (Å²) in [6, 6.07) is 30.4. The number of nitrogens with one attached hydrogen (secondary N) is 1. The van der Waals surface area contributed by atoms with Crippen molar-refractivity contribution in [1.29, 1.82) is 0 Å². The van der Waals surface area contributed by atoms with Crippen molar-refractivity contribution in [3.63, 3.8) is 0 Å².